The van der Waals surface area contributed by atoms with E-state index in [1.807, 2.05) is 6.08 Å². The Bertz CT molecular complexity index is 841. The maximum absolute atomic E-state index is 13.2. The zero-order chi connectivity index (χ0) is 26.1. The van der Waals surface area contributed by atoms with Crippen molar-refractivity contribution in [2.24, 2.45) is 0 Å². The van der Waals surface area contributed by atoms with Gasteiger partial charge in [0.2, 0.25) is 0 Å². The van der Waals surface area contributed by atoms with E-state index in [1.54, 1.807) is 30.0 Å². The molecule has 35 heavy (non-hydrogen) atoms. The van der Waals surface area contributed by atoms with Gasteiger partial charge in [-0.05, 0) is 65.2 Å². The van der Waals surface area contributed by atoms with Crippen LogP contribution in [-0.4, -0.2) is 38.2 Å². The molecule has 0 aliphatic carbocycles. The molecule has 6 nitrogen and oxygen atoms in total. The molecule has 0 atom stereocenters. The first-order valence-corrected chi connectivity index (χ1v) is 13.0. The van der Waals surface area contributed by atoms with Crippen LogP contribution in [0.25, 0.3) is 0 Å². The number of hydrogen-bond donors (Lipinski definition) is 1. The van der Waals surface area contributed by atoms with Crippen LogP contribution in [0.4, 0.5) is 11.4 Å². The molecule has 1 aromatic rings. The van der Waals surface area contributed by atoms with E-state index in [-0.39, 0.29) is 19.1 Å². The number of benzene rings is 1. The lowest BCUT2D eigenvalue weighted by Gasteiger charge is -2.24. The zero-order valence-corrected chi connectivity index (χ0v) is 22.5. The minimum absolute atomic E-state index is 0.0450. The molecule has 196 valence electrons. The number of unbranched alkanes of at least 4 members (excludes halogenated alkanes) is 5. The van der Waals surface area contributed by atoms with Gasteiger partial charge in [-0.2, -0.15) is 0 Å². The molecule has 0 unspecified atom stereocenters. The van der Waals surface area contributed by atoms with E-state index in [1.165, 1.54) is 36.8 Å². The van der Waals surface area contributed by atoms with E-state index in [2.05, 4.69) is 33.8 Å². The normalized spacial score (nSPS) is 11.3. The van der Waals surface area contributed by atoms with Crippen molar-refractivity contribution >= 4 is 23.3 Å². The highest BCUT2D eigenvalue weighted by molar-refractivity contribution is 6.03. The third kappa shape index (κ3) is 12.6. The molecule has 2 N–H and O–H groups in total. The summed E-state index contributed by atoms with van der Waals surface area (Å²) in [6.07, 6.45) is 13.1. The Labute approximate surface area is 212 Å². The van der Waals surface area contributed by atoms with Crippen molar-refractivity contribution in [1.29, 1.82) is 0 Å². The molecule has 0 heterocycles. The van der Waals surface area contributed by atoms with Crippen LogP contribution in [0.1, 0.15) is 96.3 Å². The van der Waals surface area contributed by atoms with E-state index >= 15 is 0 Å². The van der Waals surface area contributed by atoms with E-state index < -0.39 is 5.97 Å². The molecule has 0 radical (unpaired) electrons. The molecule has 0 aliphatic rings. The third-order valence-electron chi connectivity index (χ3n) is 5.69. The number of amides is 1. The first-order valence-electron chi connectivity index (χ1n) is 13.0. The fourth-order valence-electron chi connectivity index (χ4n) is 3.65. The maximum Gasteiger partial charge on any atom is 0.340 e. The van der Waals surface area contributed by atoms with Gasteiger partial charge in [0.05, 0.1) is 17.9 Å². The molecule has 0 saturated carbocycles. The van der Waals surface area contributed by atoms with Crippen molar-refractivity contribution in [3.05, 3.63) is 47.1 Å². The Morgan fingerprint density at radius 3 is 2.40 bits per heavy atom. The van der Waals surface area contributed by atoms with Crippen LogP contribution in [0.2, 0.25) is 0 Å². The number of nitrogens with zero attached hydrogens (tertiary/aromatic N) is 1. The zero-order valence-electron chi connectivity index (χ0n) is 22.5. The average molecular weight is 487 g/mol. The van der Waals surface area contributed by atoms with Crippen molar-refractivity contribution in [3.63, 3.8) is 0 Å². The molecule has 1 amide bonds. The average Bonchev–Trinajstić information content (AvgIpc) is 2.81. The predicted molar refractivity (Wildman–Crippen MR) is 146 cm³/mol. The highest BCUT2D eigenvalue weighted by Gasteiger charge is 2.22. The minimum Gasteiger partial charge on any atom is -0.462 e. The molecule has 0 bridgehead atoms. The monoisotopic (exact) mass is 486 g/mol. The van der Waals surface area contributed by atoms with E-state index in [0.29, 0.717) is 30.1 Å². The highest BCUT2D eigenvalue weighted by atomic mass is 16.5. The lowest BCUT2D eigenvalue weighted by molar-refractivity contribution is -0.123. The van der Waals surface area contributed by atoms with E-state index in [4.69, 9.17) is 15.2 Å². The SMILES string of the molecule is CCCCCCCCOCC(=O)N(C/C=C(\C)CCC=C(C)C)c1cc(N)ccc1C(=O)OCC. The molecular weight excluding hydrogens is 440 g/mol. The van der Waals surface area contributed by atoms with Gasteiger partial charge < -0.3 is 20.1 Å². The van der Waals surface area contributed by atoms with E-state index in [9.17, 15) is 9.59 Å². The largest absolute Gasteiger partial charge is 0.462 e. The third-order valence-corrected chi connectivity index (χ3v) is 5.69. The molecular formula is C29H46N2O4. The number of allylic oxidation sites excluding steroid dienone is 3. The highest BCUT2D eigenvalue weighted by Crippen LogP contribution is 2.25. The summed E-state index contributed by atoms with van der Waals surface area (Å²) in [7, 11) is 0. The summed E-state index contributed by atoms with van der Waals surface area (Å²) < 4.78 is 10.9. The van der Waals surface area contributed by atoms with Gasteiger partial charge in [0, 0.05) is 18.8 Å². The Morgan fingerprint density at radius 1 is 1.00 bits per heavy atom. The van der Waals surface area contributed by atoms with Gasteiger partial charge in [-0.1, -0.05) is 62.3 Å². The van der Waals surface area contributed by atoms with Crippen molar-refractivity contribution in [2.75, 3.05) is 37.0 Å². The van der Waals surface area contributed by atoms with Crippen LogP contribution in [0.15, 0.2) is 41.5 Å². The molecule has 0 aliphatic heterocycles. The second-order valence-electron chi connectivity index (χ2n) is 9.19. The van der Waals surface area contributed by atoms with E-state index in [0.717, 1.165) is 25.7 Å². The molecule has 6 heteroatoms. The molecule has 0 saturated heterocycles. The van der Waals surface area contributed by atoms with Crippen molar-refractivity contribution < 1.29 is 19.1 Å². The van der Waals surface area contributed by atoms with Crippen molar-refractivity contribution in [3.8, 4) is 0 Å². The topological polar surface area (TPSA) is 81.9 Å². The summed E-state index contributed by atoms with van der Waals surface area (Å²) in [5, 5.41) is 0. The van der Waals surface area contributed by atoms with Gasteiger partial charge in [0.25, 0.3) is 5.91 Å². The Hall–Kier alpha value is -2.60. The Balaban J connectivity index is 2.96. The second kappa shape index (κ2) is 17.8. The molecule has 1 aromatic carbocycles. The first kappa shape index (κ1) is 30.4. The number of ether oxygens (including phenoxy) is 2. The number of anilines is 2. The second-order valence-corrected chi connectivity index (χ2v) is 9.19. The van der Waals surface area contributed by atoms with Crippen LogP contribution < -0.4 is 10.6 Å². The van der Waals surface area contributed by atoms with Gasteiger partial charge in [0.1, 0.15) is 6.61 Å². The summed E-state index contributed by atoms with van der Waals surface area (Å²) in [5.41, 5.74) is 9.74. The first-order chi connectivity index (χ1) is 16.8. The van der Waals surface area contributed by atoms with Gasteiger partial charge in [-0.15, -0.1) is 0 Å². The number of nitrogen functional groups attached to an aromatic ring is 1. The van der Waals surface area contributed by atoms with Crippen molar-refractivity contribution in [1.82, 2.24) is 0 Å². The summed E-state index contributed by atoms with van der Waals surface area (Å²) in [5.74, 6) is -0.682. The van der Waals surface area contributed by atoms with Crippen LogP contribution in [-0.2, 0) is 14.3 Å². The quantitative estimate of drug-likeness (QED) is 0.113. The summed E-state index contributed by atoms with van der Waals surface area (Å²) in [4.78, 5) is 27.4. The fourth-order valence-corrected chi connectivity index (χ4v) is 3.65. The fraction of sp³-hybridized carbons (Fsp3) is 0.586. The number of carbonyl (C=O) groups is 2. The Kier molecular flexibility index (Phi) is 15.5. The standard InChI is InChI=1S/C29H46N2O4/c1-6-8-9-10-11-12-20-34-22-28(32)31(19-18-24(5)15-13-14-23(3)4)27-21-25(30)16-17-26(27)29(33)35-7-2/h14,16-18,21H,6-13,15,19-20,22,30H2,1-5H3/b24-18+. The number of rotatable bonds is 17. The van der Waals surface area contributed by atoms with Crippen LogP contribution in [0.5, 0.6) is 0 Å². The summed E-state index contributed by atoms with van der Waals surface area (Å²) >= 11 is 0. The van der Waals surface area contributed by atoms with Gasteiger partial charge in [-0.25, -0.2) is 4.79 Å². The lowest BCUT2D eigenvalue weighted by atomic mass is 10.1. The lowest BCUT2D eigenvalue weighted by Crippen LogP contribution is -2.36. The van der Waals surface area contributed by atoms with Crippen LogP contribution in [0, 0.1) is 0 Å². The Morgan fingerprint density at radius 2 is 1.71 bits per heavy atom. The summed E-state index contributed by atoms with van der Waals surface area (Å²) in [6, 6.07) is 4.92. The number of hydrogen-bond acceptors (Lipinski definition) is 5. The minimum atomic E-state index is -0.474. The smallest absolute Gasteiger partial charge is 0.340 e. The molecule has 1 rings (SSSR count). The number of carbonyl (C=O) groups excluding carboxylic acids is 2. The number of nitrogens with two attached hydrogens (primary N) is 1. The van der Waals surface area contributed by atoms with Crippen LogP contribution in [0.3, 0.4) is 0 Å². The molecule has 0 aromatic heterocycles. The predicted octanol–water partition coefficient (Wildman–Crippen LogP) is 6.85. The maximum atomic E-state index is 13.2. The molecule has 0 spiro atoms. The number of esters is 1. The molecule has 0 fully saturated rings. The van der Waals surface area contributed by atoms with Gasteiger partial charge in [-0.3, -0.25) is 4.79 Å². The van der Waals surface area contributed by atoms with Crippen molar-refractivity contribution in [2.45, 2.75) is 86.0 Å². The van der Waals surface area contributed by atoms with Crippen LogP contribution >= 0.6 is 0 Å². The van der Waals surface area contributed by atoms with Gasteiger partial charge in [0.15, 0.2) is 0 Å². The van der Waals surface area contributed by atoms with Gasteiger partial charge >= 0.3 is 5.97 Å². The summed E-state index contributed by atoms with van der Waals surface area (Å²) in [6.45, 7) is 11.3.